The van der Waals surface area contributed by atoms with Crippen LogP contribution in [0.3, 0.4) is 0 Å². The molecule has 0 atom stereocenters. The molecule has 0 aliphatic heterocycles. The van der Waals surface area contributed by atoms with E-state index in [4.69, 9.17) is 0 Å². The summed E-state index contributed by atoms with van der Waals surface area (Å²) in [6, 6.07) is 0. The molecule has 0 aliphatic carbocycles. The molecule has 0 N–H and O–H groups in total. The summed E-state index contributed by atoms with van der Waals surface area (Å²) in [4.78, 5) is 4.41. The number of rotatable bonds is 4. The first-order chi connectivity index (χ1) is 5.20. The number of aliphatic imine (C=N–C) groups is 1. The van der Waals surface area contributed by atoms with E-state index >= 15 is 0 Å². The molecule has 0 heterocycles. The van der Waals surface area contributed by atoms with Crippen LogP contribution in [-0.2, 0) is 0 Å². The lowest BCUT2D eigenvalue weighted by Crippen LogP contribution is -1.83. The molecule has 0 aliphatic rings. The van der Waals surface area contributed by atoms with E-state index < -0.39 is 0 Å². The lowest BCUT2D eigenvalue weighted by Gasteiger charge is -1.97. The molecule has 1 heteroatoms. The molecule has 11 heavy (non-hydrogen) atoms. The zero-order valence-electron chi connectivity index (χ0n) is 8.15. The molecule has 0 rings (SSSR count). The van der Waals surface area contributed by atoms with Crippen LogP contribution in [0.2, 0.25) is 0 Å². The van der Waals surface area contributed by atoms with Gasteiger partial charge in [-0.05, 0) is 26.7 Å². The minimum absolute atomic E-state index is 1.05. The van der Waals surface area contributed by atoms with Gasteiger partial charge < -0.3 is 0 Å². The van der Waals surface area contributed by atoms with Crippen molar-refractivity contribution >= 4 is 5.71 Å². The van der Waals surface area contributed by atoms with Crippen LogP contribution < -0.4 is 0 Å². The van der Waals surface area contributed by atoms with Crippen molar-refractivity contribution in [2.45, 2.75) is 47.0 Å². The van der Waals surface area contributed by atoms with Crippen LogP contribution in [-0.4, -0.2) is 5.71 Å². The van der Waals surface area contributed by atoms with Gasteiger partial charge in [0.05, 0.1) is 0 Å². The normalized spacial score (nSPS) is 11.5. The monoisotopic (exact) mass is 153 g/mol. The second-order valence-electron chi connectivity index (χ2n) is 2.90. The maximum Gasteiger partial charge on any atom is 0.0360 e. The summed E-state index contributed by atoms with van der Waals surface area (Å²) in [5.41, 5.74) is 2.38. The third kappa shape index (κ3) is 5.84. The highest BCUT2D eigenvalue weighted by Crippen LogP contribution is 2.05. The van der Waals surface area contributed by atoms with Gasteiger partial charge in [-0.15, -0.1) is 0 Å². The van der Waals surface area contributed by atoms with Gasteiger partial charge in [-0.1, -0.05) is 26.3 Å². The summed E-state index contributed by atoms with van der Waals surface area (Å²) in [5.74, 6) is 0. The maximum atomic E-state index is 4.41. The summed E-state index contributed by atoms with van der Waals surface area (Å²) >= 11 is 0. The Kier molecular flexibility index (Phi) is 5.81. The van der Waals surface area contributed by atoms with Crippen molar-refractivity contribution in [2.24, 2.45) is 4.99 Å². The number of hydrogen-bond donors (Lipinski definition) is 0. The average Bonchev–Trinajstić information content (AvgIpc) is 1.97. The molecule has 0 aromatic carbocycles. The maximum absolute atomic E-state index is 4.41. The standard InChI is InChI=1S/C10H19N/c1-5-7-8-10(6-2)11-9(3)4/h8H,5-7H2,1-4H3/b10-8+. The highest BCUT2D eigenvalue weighted by atomic mass is 14.7. The molecule has 1 nitrogen and oxygen atoms in total. The molecule has 0 saturated carbocycles. The molecular weight excluding hydrogens is 134 g/mol. The van der Waals surface area contributed by atoms with Crippen LogP contribution in [0.25, 0.3) is 0 Å². The Hall–Kier alpha value is -0.590. The van der Waals surface area contributed by atoms with Crippen molar-refractivity contribution in [3.8, 4) is 0 Å². The Morgan fingerprint density at radius 3 is 2.27 bits per heavy atom. The van der Waals surface area contributed by atoms with Gasteiger partial charge in [0, 0.05) is 11.4 Å². The van der Waals surface area contributed by atoms with Gasteiger partial charge >= 0.3 is 0 Å². The van der Waals surface area contributed by atoms with E-state index in [1.807, 2.05) is 13.8 Å². The molecule has 0 saturated heterocycles. The van der Waals surface area contributed by atoms with E-state index in [0.717, 1.165) is 18.6 Å². The first kappa shape index (κ1) is 10.4. The quantitative estimate of drug-likeness (QED) is 0.547. The topological polar surface area (TPSA) is 12.4 Å². The molecule has 0 bridgehead atoms. The highest BCUT2D eigenvalue weighted by molar-refractivity contribution is 5.80. The molecule has 0 amide bonds. The Labute approximate surface area is 70.2 Å². The Morgan fingerprint density at radius 2 is 1.91 bits per heavy atom. The number of nitrogens with zero attached hydrogens (tertiary/aromatic N) is 1. The minimum Gasteiger partial charge on any atom is -0.263 e. The van der Waals surface area contributed by atoms with Crippen molar-refractivity contribution in [1.82, 2.24) is 0 Å². The van der Waals surface area contributed by atoms with Crippen LogP contribution in [0.1, 0.15) is 47.0 Å². The summed E-state index contributed by atoms with van der Waals surface area (Å²) < 4.78 is 0. The second-order valence-corrected chi connectivity index (χ2v) is 2.90. The van der Waals surface area contributed by atoms with E-state index in [1.165, 1.54) is 12.1 Å². The highest BCUT2D eigenvalue weighted by Gasteiger charge is 1.88. The molecule has 0 unspecified atom stereocenters. The zero-order valence-corrected chi connectivity index (χ0v) is 8.15. The summed E-state index contributed by atoms with van der Waals surface area (Å²) in [6.07, 6.45) is 5.64. The smallest absolute Gasteiger partial charge is 0.0360 e. The predicted molar refractivity (Wildman–Crippen MR) is 52.1 cm³/mol. The van der Waals surface area contributed by atoms with E-state index in [2.05, 4.69) is 24.9 Å². The van der Waals surface area contributed by atoms with Crippen LogP contribution >= 0.6 is 0 Å². The summed E-state index contributed by atoms with van der Waals surface area (Å²) in [5, 5.41) is 0. The van der Waals surface area contributed by atoms with Crippen molar-refractivity contribution in [2.75, 3.05) is 0 Å². The van der Waals surface area contributed by atoms with Gasteiger partial charge in [-0.2, -0.15) is 0 Å². The fraction of sp³-hybridized carbons (Fsp3) is 0.700. The van der Waals surface area contributed by atoms with E-state index in [9.17, 15) is 0 Å². The first-order valence-electron chi connectivity index (χ1n) is 4.41. The van der Waals surface area contributed by atoms with E-state index in [1.54, 1.807) is 0 Å². The molecular formula is C10H19N. The van der Waals surface area contributed by atoms with Crippen molar-refractivity contribution in [3.05, 3.63) is 11.8 Å². The summed E-state index contributed by atoms with van der Waals surface area (Å²) in [7, 11) is 0. The van der Waals surface area contributed by atoms with Crippen LogP contribution in [0.15, 0.2) is 16.8 Å². The Bertz CT molecular complexity index is 150. The van der Waals surface area contributed by atoms with Gasteiger partial charge in [-0.25, -0.2) is 0 Å². The Balaban J connectivity index is 4.05. The van der Waals surface area contributed by atoms with Gasteiger partial charge in [-0.3, -0.25) is 4.99 Å². The third-order valence-electron chi connectivity index (χ3n) is 1.40. The number of allylic oxidation sites excluding steroid dienone is 2. The predicted octanol–water partition coefficient (Wildman–Crippen LogP) is 3.56. The second kappa shape index (κ2) is 6.14. The van der Waals surface area contributed by atoms with Crippen molar-refractivity contribution < 1.29 is 0 Å². The lowest BCUT2D eigenvalue weighted by molar-refractivity contribution is 0.927. The van der Waals surface area contributed by atoms with E-state index in [0.29, 0.717) is 0 Å². The SMILES string of the molecule is CCC/C=C(\CC)N=C(C)C. The summed E-state index contributed by atoms with van der Waals surface area (Å²) in [6.45, 7) is 8.41. The largest absolute Gasteiger partial charge is 0.263 e. The minimum atomic E-state index is 1.05. The molecule has 64 valence electrons. The van der Waals surface area contributed by atoms with Gasteiger partial charge in [0.15, 0.2) is 0 Å². The van der Waals surface area contributed by atoms with Crippen LogP contribution in [0, 0.1) is 0 Å². The van der Waals surface area contributed by atoms with Crippen LogP contribution in [0.4, 0.5) is 0 Å². The molecule has 0 spiro atoms. The molecule has 0 aromatic heterocycles. The number of hydrogen-bond acceptors (Lipinski definition) is 1. The Morgan fingerprint density at radius 1 is 1.27 bits per heavy atom. The van der Waals surface area contributed by atoms with Crippen molar-refractivity contribution in [3.63, 3.8) is 0 Å². The van der Waals surface area contributed by atoms with Crippen molar-refractivity contribution in [1.29, 1.82) is 0 Å². The van der Waals surface area contributed by atoms with Crippen LogP contribution in [0.5, 0.6) is 0 Å². The third-order valence-corrected chi connectivity index (χ3v) is 1.40. The van der Waals surface area contributed by atoms with Gasteiger partial charge in [0.25, 0.3) is 0 Å². The average molecular weight is 153 g/mol. The van der Waals surface area contributed by atoms with E-state index in [-0.39, 0.29) is 0 Å². The van der Waals surface area contributed by atoms with Gasteiger partial charge in [0.2, 0.25) is 0 Å². The molecule has 0 fully saturated rings. The molecule has 0 aromatic rings. The first-order valence-corrected chi connectivity index (χ1v) is 4.41. The zero-order chi connectivity index (χ0) is 8.69. The molecule has 0 radical (unpaired) electrons. The fourth-order valence-corrected chi connectivity index (χ4v) is 0.867. The fourth-order valence-electron chi connectivity index (χ4n) is 0.867. The lowest BCUT2D eigenvalue weighted by atomic mass is 10.2. The number of unbranched alkanes of at least 4 members (excludes halogenated alkanes) is 1. The van der Waals surface area contributed by atoms with Gasteiger partial charge in [0.1, 0.15) is 0 Å².